The Balaban J connectivity index is 1.39. The fraction of sp³-hybridized carbons (Fsp3) is 0.120. The molecule has 0 saturated heterocycles. The first-order valence-corrected chi connectivity index (χ1v) is 10.5. The lowest BCUT2D eigenvalue weighted by Crippen LogP contribution is -2.10. The summed E-state index contributed by atoms with van der Waals surface area (Å²) in [6.45, 7) is 2.07. The number of rotatable bonds is 7. The quantitative estimate of drug-likeness (QED) is 0.319. The van der Waals surface area contributed by atoms with E-state index in [9.17, 15) is 14.0 Å². The fourth-order valence-corrected chi connectivity index (χ4v) is 3.41. The SMILES string of the molecule is CCOC(=O)Cc1ccc(Oc2ccc(NC(=O)c3cc4cc(F)ccc4o3)cc2)c(Cl)c1. The molecule has 0 unspecified atom stereocenters. The molecule has 1 heterocycles. The van der Waals surface area contributed by atoms with E-state index in [1.165, 1.54) is 24.3 Å². The predicted molar refractivity (Wildman–Crippen MR) is 122 cm³/mol. The maximum Gasteiger partial charge on any atom is 0.310 e. The van der Waals surface area contributed by atoms with Crippen molar-refractivity contribution >= 4 is 40.1 Å². The van der Waals surface area contributed by atoms with Gasteiger partial charge in [0.25, 0.3) is 5.91 Å². The highest BCUT2D eigenvalue weighted by atomic mass is 35.5. The lowest BCUT2D eigenvalue weighted by molar-refractivity contribution is -0.142. The van der Waals surface area contributed by atoms with E-state index in [0.717, 1.165) is 5.56 Å². The number of carbonyl (C=O) groups is 2. The maximum absolute atomic E-state index is 13.3. The second kappa shape index (κ2) is 9.75. The topological polar surface area (TPSA) is 77.8 Å². The van der Waals surface area contributed by atoms with Crippen molar-refractivity contribution < 1.29 is 27.9 Å². The summed E-state index contributed by atoms with van der Waals surface area (Å²) < 4.78 is 29.5. The van der Waals surface area contributed by atoms with E-state index < -0.39 is 11.7 Å². The van der Waals surface area contributed by atoms with Crippen LogP contribution in [0.2, 0.25) is 5.02 Å². The van der Waals surface area contributed by atoms with Crippen LogP contribution >= 0.6 is 11.6 Å². The molecule has 4 aromatic rings. The number of anilines is 1. The number of ether oxygens (including phenoxy) is 2. The molecule has 6 nitrogen and oxygen atoms in total. The minimum Gasteiger partial charge on any atom is -0.466 e. The Morgan fingerprint density at radius 3 is 2.55 bits per heavy atom. The summed E-state index contributed by atoms with van der Waals surface area (Å²) in [5.41, 5.74) is 1.67. The molecule has 0 spiro atoms. The molecule has 0 aliphatic carbocycles. The van der Waals surface area contributed by atoms with E-state index in [2.05, 4.69) is 5.32 Å². The van der Waals surface area contributed by atoms with Crippen LogP contribution < -0.4 is 10.1 Å². The standard InChI is InChI=1S/C25H19ClFNO5/c1-2-31-24(29)12-15-3-9-22(20(26)11-15)32-19-7-5-18(6-8-19)28-25(30)23-14-16-13-17(27)4-10-21(16)33-23/h3-11,13-14H,2,12H2,1H3,(H,28,30). The van der Waals surface area contributed by atoms with Crippen LogP contribution in [0.15, 0.2) is 71.1 Å². The number of carbonyl (C=O) groups excluding carboxylic acids is 2. The highest BCUT2D eigenvalue weighted by molar-refractivity contribution is 6.32. The number of amides is 1. The molecular formula is C25H19ClFNO5. The third-order valence-electron chi connectivity index (χ3n) is 4.69. The van der Waals surface area contributed by atoms with Gasteiger partial charge in [-0.25, -0.2) is 4.39 Å². The Morgan fingerprint density at radius 1 is 1.03 bits per heavy atom. The van der Waals surface area contributed by atoms with Gasteiger partial charge >= 0.3 is 5.97 Å². The molecular weight excluding hydrogens is 449 g/mol. The van der Waals surface area contributed by atoms with Crippen molar-refractivity contribution in [1.29, 1.82) is 0 Å². The smallest absolute Gasteiger partial charge is 0.310 e. The molecule has 0 saturated carbocycles. The highest BCUT2D eigenvalue weighted by Crippen LogP contribution is 2.31. The average Bonchev–Trinajstić information content (AvgIpc) is 3.20. The molecule has 33 heavy (non-hydrogen) atoms. The molecule has 0 atom stereocenters. The first-order chi connectivity index (χ1) is 15.9. The summed E-state index contributed by atoms with van der Waals surface area (Å²) in [7, 11) is 0. The van der Waals surface area contributed by atoms with Gasteiger partial charge in [0.1, 0.15) is 22.9 Å². The Labute approximate surface area is 193 Å². The van der Waals surface area contributed by atoms with Gasteiger partial charge < -0.3 is 19.2 Å². The van der Waals surface area contributed by atoms with Gasteiger partial charge in [-0.1, -0.05) is 17.7 Å². The maximum atomic E-state index is 13.3. The van der Waals surface area contributed by atoms with Crippen LogP contribution in [0.3, 0.4) is 0 Å². The summed E-state index contributed by atoms with van der Waals surface area (Å²) in [4.78, 5) is 24.1. The molecule has 4 rings (SSSR count). The van der Waals surface area contributed by atoms with E-state index in [-0.39, 0.29) is 18.2 Å². The van der Waals surface area contributed by atoms with Crippen LogP contribution in [-0.4, -0.2) is 18.5 Å². The third kappa shape index (κ3) is 5.51. The van der Waals surface area contributed by atoms with Gasteiger partial charge in [-0.3, -0.25) is 9.59 Å². The van der Waals surface area contributed by atoms with Gasteiger partial charge in [0.15, 0.2) is 5.76 Å². The molecule has 1 N–H and O–H groups in total. The number of fused-ring (bicyclic) bond motifs is 1. The number of esters is 1. The van der Waals surface area contributed by atoms with Crippen molar-refractivity contribution in [2.24, 2.45) is 0 Å². The number of hydrogen-bond donors (Lipinski definition) is 1. The van der Waals surface area contributed by atoms with E-state index in [0.29, 0.717) is 39.8 Å². The van der Waals surface area contributed by atoms with Gasteiger partial charge in [0.05, 0.1) is 18.1 Å². The van der Waals surface area contributed by atoms with Crippen LogP contribution in [-0.2, 0) is 16.0 Å². The molecule has 1 aromatic heterocycles. The van der Waals surface area contributed by atoms with Gasteiger partial charge in [-0.15, -0.1) is 0 Å². The molecule has 0 aliphatic heterocycles. The summed E-state index contributed by atoms with van der Waals surface area (Å²) >= 11 is 6.28. The zero-order valence-electron chi connectivity index (χ0n) is 17.6. The fourth-order valence-electron chi connectivity index (χ4n) is 3.17. The number of benzene rings is 3. The Hall–Kier alpha value is -3.84. The summed E-state index contributed by atoms with van der Waals surface area (Å²) in [6, 6.07) is 17.3. The molecule has 0 aliphatic rings. The van der Waals surface area contributed by atoms with Gasteiger partial charge in [0, 0.05) is 11.1 Å². The Morgan fingerprint density at radius 2 is 1.82 bits per heavy atom. The van der Waals surface area contributed by atoms with E-state index >= 15 is 0 Å². The zero-order valence-corrected chi connectivity index (χ0v) is 18.3. The van der Waals surface area contributed by atoms with Crippen LogP contribution in [0.4, 0.5) is 10.1 Å². The van der Waals surface area contributed by atoms with Crippen LogP contribution in [0.25, 0.3) is 11.0 Å². The molecule has 3 aromatic carbocycles. The summed E-state index contributed by atoms with van der Waals surface area (Å²) in [5.74, 6) is -0.178. The Kier molecular flexibility index (Phi) is 6.60. The van der Waals surface area contributed by atoms with E-state index in [1.54, 1.807) is 49.4 Å². The minimum atomic E-state index is -0.458. The van der Waals surface area contributed by atoms with Crippen LogP contribution in [0.1, 0.15) is 23.0 Å². The molecule has 0 bridgehead atoms. The second-order valence-corrected chi connectivity index (χ2v) is 7.53. The van der Waals surface area contributed by atoms with Crippen LogP contribution in [0.5, 0.6) is 11.5 Å². The third-order valence-corrected chi connectivity index (χ3v) is 4.99. The summed E-state index contributed by atoms with van der Waals surface area (Å²) in [5, 5.41) is 3.59. The zero-order chi connectivity index (χ0) is 23.4. The van der Waals surface area contributed by atoms with Crippen molar-refractivity contribution in [1.82, 2.24) is 0 Å². The predicted octanol–water partition coefficient (Wildman–Crippen LogP) is 6.38. The molecule has 8 heteroatoms. The second-order valence-electron chi connectivity index (χ2n) is 7.12. The van der Waals surface area contributed by atoms with Gasteiger partial charge in [-0.2, -0.15) is 0 Å². The van der Waals surface area contributed by atoms with Crippen molar-refractivity contribution in [3.63, 3.8) is 0 Å². The minimum absolute atomic E-state index is 0.0746. The molecule has 0 fully saturated rings. The van der Waals surface area contributed by atoms with E-state index in [1.807, 2.05) is 0 Å². The van der Waals surface area contributed by atoms with Crippen molar-refractivity contribution in [3.8, 4) is 11.5 Å². The number of furan rings is 1. The average molecular weight is 468 g/mol. The van der Waals surface area contributed by atoms with Gasteiger partial charge in [0.2, 0.25) is 0 Å². The van der Waals surface area contributed by atoms with Crippen molar-refractivity contribution in [2.75, 3.05) is 11.9 Å². The van der Waals surface area contributed by atoms with Crippen molar-refractivity contribution in [3.05, 3.63) is 88.9 Å². The van der Waals surface area contributed by atoms with Gasteiger partial charge in [-0.05, 0) is 73.2 Å². The normalized spacial score (nSPS) is 10.8. The largest absolute Gasteiger partial charge is 0.466 e. The van der Waals surface area contributed by atoms with E-state index in [4.69, 9.17) is 25.5 Å². The molecule has 1 amide bonds. The first-order valence-electron chi connectivity index (χ1n) is 10.1. The summed E-state index contributed by atoms with van der Waals surface area (Å²) in [6.07, 6.45) is 0.127. The monoisotopic (exact) mass is 467 g/mol. The molecule has 0 radical (unpaired) electrons. The first kappa shape index (κ1) is 22.4. The number of hydrogen-bond acceptors (Lipinski definition) is 5. The lowest BCUT2D eigenvalue weighted by atomic mass is 10.1. The lowest BCUT2D eigenvalue weighted by Gasteiger charge is -2.10. The van der Waals surface area contributed by atoms with Crippen molar-refractivity contribution in [2.45, 2.75) is 13.3 Å². The molecule has 168 valence electrons. The Bertz CT molecular complexity index is 1320. The van der Waals surface area contributed by atoms with Crippen LogP contribution in [0, 0.1) is 5.82 Å². The highest BCUT2D eigenvalue weighted by Gasteiger charge is 2.14. The number of nitrogens with one attached hydrogen (secondary N) is 1. The number of halogens is 2.